The number of ketones is 1. The Kier molecular flexibility index (Phi) is 6.16. The van der Waals surface area contributed by atoms with Crippen molar-refractivity contribution < 1.29 is 19.4 Å². The maximum Gasteiger partial charge on any atom is 0.300 e. The molecule has 5 rings (SSSR count). The summed E-state index contributed by atoms with van der Waals surface area (Å²) in [7, 11) is 0. The molecule has 1 fully saturated rings. The molecule has 1 amide bonds. The van der Waals surface area contributed by atoms with Crippen LogP contribution in [0.15, 0.2) is 78.4 Å². The van der Waals surface area contributed by atoms with Gasteiger partial charge in [-0.3, -0.25) is 14.5 Å². The van der Waals surface area contributed by atoms with Gasteiger partial charge >= 0.3 is 0 Å². The number of hydrogen-bond donors (Lipinski definition) is 1. The first-order valence-corrected chi connectivity index (χ1v) is 12.2. The molecule has 35 heavy (non-hydrogen) atoms. The summed E-state index contributed by atoms with van der Waals surface area (Å²) >= 11 is 0. The van der Waals surface area contributed by atoms with Gasteiger partial charge in [0.25, 0.3) is 11.7 Å². The average molecular weight is 468 g/mol. The van der Waals surface area contributed by atoms with Gasteiger partial charge in [-0.25, -0.2) is 0 Å². The SMILES string of the molecule is CC(C)Oc1cccc(C2/C(=C(/O)c3ccc4c(c3)CCCC4)C(=O)C(=O)N2c2ccccc2)c1. The van der Waals surface area contributed by atoms with Crippen LogP contribution < -0.4 is 9.64 Å². The number of ether oxygens (including phenoxy) is 1. The number of anilines is 1. The Balaban J connectivity index is 1.68. The summed E-state index contributed by atoms with van der Waals surface area (Å²) < 4.78 is 5.88. The number of rotatable bonds is 5. The molecule has 1 heterocycles. The van der Waals surface area contributed by atoms with Gasteiger partial charge in [-0.15, -0.1) is 0 Å². The van der Waals surface area contributed by atoms with Crippen molar-refractivity contribution in [1.82, 2.24) is 0 Å². The molecule has 5 heteroatoms. The summed E-state index contributed by atoms with van der Waals surface area (Å²) in [6, 6.07) is 21.6. The lowest BCUT2D eigenvalue weighted by atomic mass is 9.88. The molecule has 178 valence electrons. The summed E-state index contributed by atoms with van der Waals surface area (Å²) in [5, 5.41) is 11.5. The smallest absolute Gasteiger partial charge is 0.300 e. The van der Waals surface area contributed by atoms with E-state index in [-0.39, 0.29) is 17.4 Å². The van der Waals surface area contributed by atoms with Gasteiger partial charge in [0.2, 0.25) is 0 Å². The van der Waals surface area contributed by atoms with Crippen LogP contribution in [0.3, 0.4) is 0 Å². The third-order valence-electron chi connectivity index (χ3n) is 6.65. The predicted molar refractivity (Wildman–Crippen MR) is 137 cm³/mol. The fraction of sp³-hybridized carbons (Fsp3) is 0.267. The highest BCUT2D eigenvalue weighted by atomic mass is 16.5. The van der Waals surface area contributed by atoms with Crippen molar-refractivity contribution in [2.75, 3.05) is 4.90 Å². The zero-order valence-corrected chi connectivity index (χ0v) is 20.0. The van der Waals surface area contributed by atoms with Gasteiger partial charge in [0, 0.05) is 11.3 Å². The third-order valence-corrected chi connectivity index (χ3v) is 6.65. The minimum Gasteiger partial charge on any atom is -0.507 e. The molecule has 2 aliphatic rings. The fourth-order valence-electron chi connectivity index (χ4n) is 5.07. The van der Waals surface area contributed by atoms with Crippen molar-refractivity contribution in [2.45, 2.75) is 51.7 Å². The van der Waals surface area contributed by atoms with Crippen LogP contribution in [0, 0.1) is 0 Å². The van der Waals surface area contributed by atoms with Gasteiger partial charge in [-0.1, -0.05) is 42.5 Å². The molecule has 0 aromatic heterocycles. The van der Waals surface area contributed by atoms with E-state index in [2.05, 4.69) is 0 Å². The number of para-hydroxylation sites is 1. The molecule has 1 atom stereocenters. The molecule has 1 aliphatic carbocycles. The molecule has 1 saturated heterocycles. The van der Waals surface area contributed by atoms with Crippen molar-refractivity contribution >= 4 is 23.1 Å². The van der Waals surface area contributed by atoms with E-state index < -0.39 is 17.7 Å². The minimum absolute atomic E-state index is 0.0266. The number of aliphatic hydroxyl groups is 1. The van der Waals surface area contributed by atoms with E-state index >= 15 is 0 Å². The van der Waals surface area contributed by atoms with Crippen LogP contribution in [0.1, 0.15) is 55.0 Å². The van der Waals surface area contributed by atoms with Crippen molar-refractivity contribution in [2.24, 2.45) is 0 Å². The van der Waals surface area contributed by atoms with Crippen molar-refractivity contribution in [3.63, 3.8) is 0 Å². The van der Waals surface area contributed by atoms with E-state index in [0.29, 0.717) is 22.6 Å². The highest BCUT2D eigenvalue weighted by molar-refractivity contribution is 6.51. The molecule has 0 radical (unpaired) electrons. The van der Waals surface area contributed by atoms with Crippen molar-refractivity contribution in [3.8, 4) is 5.75 Å². The normalized spacial score (nSPS) is 19.2. The van der Waals surface area contributed by atoms with Crippen LogP contribution >= 0.6 is 0 Å². The first-order chi connectivity index (χ1) is 16.9. The highest BCUT2D eigenvalue weighted by Crippen LogP contribution is 2.43. The second-order valence-electron chi connectivity index (χ2n) is 9.43. The summed E-state index contributed by atoms with van der Waals surface area (Å²) in [4.78, 5) is 28.2. The first-order valence-electron chi connectivity index (χ1n) is 12.2. The van der Waals surface area contributed by atoms with Crippen LogP contribution in [0.2, 0.25) is 0 Å². The number of Topliss-reactive ketones (excluding diaryl/α,β-unsaturated/α-hetero) is 1. The number of carbonyl (C=O) groups excluding carboxylic acids is 2. The number of benzene rings is 3. The number of carbonyl (C=O) groups is 2. The van der Waals surface area contributed by atoms with Crippen LogP contribution in [0.25, 0.3) is 5.76 Å². The third kappa shape index (κ3) is 4.34. The molecule has 3 aromatic rings. The molecule has 0 bridgehead atoms. The zero-order chi connectivity index (χ0) is 24.5. The Morgan fingerprint density at radius 1 is 0.914 bits per heavy atom. The lowest BCUT2D eigenvalue weighted by Gasteiger charge is -2.26. The molecule has 0 spiro atoms. The summed E-state index contributed by atoms with van der Waals surface area (Å²) in [6.07, 6.45) is 4.22. The number of aliphatic hydroxyl groups excluding tert-OH is 1. The second kappa shape index (κ2) is 9.41. The number of hydrogen-bond acceptors (Lipinski definition) is 4. The fourth-order valence-corrected chi connectivity index (χ4v) is 5.07. The van der Waals surface area contributed by atoms with Crippen LogP contribution in [0.5, 0.6) is 5.75 Å². The van der Waals surface area contributed by atoms with Crippen LogP contribution in [-0.2, 0) is 22.4 Å². The largest absolute Gasteiger partial charge is 0.507 e. The van der Waals surface area contributed by atoms with Gasteiger partial charge < -0.3 is 9.84 Å². The van der Waals surface area contributed by atoms with Crippen LogP contribution in [-0.4, -0.2) is 22.9 Å². The molecule has 3 aromatic carbocycles. The molecule has 5 nitrogen and oxygen atoms in total. The van der Waals surface area contributed by atoms with E-state index in [0.717, 1.165) is 25.7 Å². The zero-order valence-electron chi connectivity index (χ0n) is 20.0. The Morgan fingerprint density at radius 2 is 1.66 bits per heavy atom. The van der Waals surface area contributed by atoms with E-state index in [1.807, 2.05) is 74.5 Å². The Morgan fingerprint density at radius 3 is 2.40 bits per heavy atom. The monoisotopic (exact) mass is 467 g/mol. The van der Waals surface area contributed by atoms with E-state index in [1.165, 1.54) is 16.0 Å². The number of aryl methyl sites for hydroxylation is 2. The Hall–Kier alpha value is -3.86. The molecule has 1 aliphatic heterocycles. The highest BCUT2D eigenvalue weighted by Gasteiger charge is 2.47. The summed E-state index contributed by atoms with van der Waals surface area (Å²) in [5.74, 6) is -0.847. The molecular formula is C30H29NO4. The second-order valence-corrected chi connectivity index (χ2v) is 9.43. The maximum absolute atomic E-state index is 13.4. The average Bonchev–Trinajstić information content (AvgIpc) is 3.14. The number of nitrogens with zero attached hydrogens (tertiary/aromatic N) is 1. The van der Waals surface area contributed by atoms with Crippen molar-refractivity contribution in [1.29, 1.82) is 0 Å². The lowest BCUT2D eigenvalue weighted by molar-refractivity contribution is -0.132. The van der Waals surface area contributed by atoms with Gasteiger partial charge in [-0.05, 0) is 86.6 Å². The number of amides is 1. The standard InChI is InChI=1S/C30H29NO4/c1-19(2)35-25-14-8-11-22(18-25)27-26(29(33)30(34)31(27)24-12-4-3-5-13-24)28(32)23-16-15-20-9-6-7-10-21(20)17-23/h3-5,8,11-19,27,32H,6-7,9-10H2,1-2H3/b28-26-. The van der Waals surface area contributed by atoms with Gasteiger partial charge in [0.05, 0.1) is 17.7 Å². The van der Waals surface area contributed by atoms with Crippen molar-refractivity contribution in [3.05, 3.63) is 101 Å². The Labute approximate surface area is 205 Å². The number of fused-ring (bicyclic) bond motifs is 1. The molecule has 1 N–H and O–H groups in total. The molecule has 0 saturated carbocycles. The topological polar surface area (TPSA) is 66.8 Å². The minimum atomic E-state index is -0.774. The van der Waals surface area contributed by atoms with Gasteiger partial charge in [0.1, 0.15) is 11.5 Å². The van der Waals surface area contributed by atoms with E-state index in [1.54, 1.807) is 12.1 Å². The van der Waals surface area contributed by atoms with E-state index in [4.69, 9.17) is 4.74 Å². The summed E-state index contributed by atoms with van der Waals surface area (Å²) in [6.45, 7) is 3.89. The molecule has 1 unspecified atom stereocenters. The first kappa shape index (κ1) is 22.9. The predicted octanol–water partition coefficient (Wildman–Crippen LogP) is 5.98. The maximum atomic E-state index is 13.4. The van der Waals surface area contributed by atoms with Gasteiger partial charge in [0.15, 0.2) is 0 Å². The summed E-state index contributed by atoms with van der Waals surface area (Å²) in [5.41, 5.74) is 4.44. The van der Waals surface area contributed by atoms with Crippen LogP contribution in [0.4, 0.5) is 5.69 Å². The quantitative estimate of drug-likeness (QED) is 0.285. The van der Waals surface area contributed by atoms with Gasteiger partial charge in [-0.2, -0.15) is 0 Å². The molecular weight excluding hydrogens is 438 g/mol. The lowest BCUT2D eigenvalue weighted by Crippen LogP contribution is -2.29. The van der Waals surface area contributed by atoms with E-state index in [9.17, 15) is 14.7 Å². The Bertz CT molecular complexity index is 1310.